The van der Waals surface area contributed by atoms with Gasteiger partial charge in [-0.1, -0.05) is 107 Å². The predicted octanol–water partition coefficient (Wildman–Crippen LogP) is 9.63. The Labute approximate surface area is 261 Å². The summed E-state index contributed by atoms with van der Waals surface area (Å²) in [6.45, 7) is 0. The van der Waals surface area contributed by atoms with Gasteiger partial charge in [0.2, 0.25) is 11.4 Å². The van der Waals surface area contributed by atoms with E-state index >= 15 is 0 Å². The third kappa shape index (κ3) is 5.54. The number of hydrogen-bond donors (Lipinski definition) is 0. The molecule has 5 aromatic carbocycles. The minimum absolute atomic E-state index is 0.135. The maximum Gasteiger partial charge on any atom is 0.213 e. The van der Waals surface area contributed by atoms with Gasteiger partial charge in [0.05, 0.1) is 17.4 Å². The van der Waals surface area contributed by atoms with Gasteiger partial charge in [0.25, 0.3) is 0 Å². The van der Waals surface area contributed by atoms with E-state index in [1.54, 1.807) is 0 Å². The first-order valence-electron chi connectivity index (χ1n) is 14.6. The summed E-state index contributed by atoms with van der Waals surface area (Å²) in [4.78, 5) is 0. The van der Waals surface area contributed by atoms with E-state index in [2.05, 4.69) is 184 Å². The molecule has 1 atom stereocenters. The molecule has 0 saturated heterocycles. The molecule has 0 aliphatic carbocycles. The zero-order chi connectivity index (χ0) is 29.2. The Morgan fingerprint density at radius 1 is 0.581 bits per heavy atom. The van der Waals surface area contributed by atoms with Crippen molar-refractivity contribution in [1.82, 2.24) is 0 Å². The molecule has 0 spiro atoms. The van der Waals surface area contributed by atoms with Crippen molar-refractivity contribution in [3.8, 4) is 33.6 Å². The monoisotopic (exact) mass is 620 g/mol. The molecule has 0 radical (unpaired) electrons. The lowest BCUT2D eigenvalue weighted by Gasteiger charge is -2.24. The van der Waals surface area contributed by atoms with Crippen LogP contribution in [0.5, 0.6) is 0 Å². The Morgan fingerprint density at radius 3 is 1.65 bits per heavy atom. The number of pyridine rings is 1. The Hall–Kier alpha value is -4.80. The van der Waals surface area contributed by atoms with E-state index in [1.807, 2.05) is 0 Å². The van der Waals surface area contributed by atoms with Gasteiger partial charge >= 0.3 is 0 Å². The molecule has 0 bridgehead atoms. The summed E-state index contributed by atoms with van der Waals surface area (Å²) in [5, 5.41) is 7.36. The highest BCUT2D eigenvalue weighted by Crippen LogP contribution is 2.38. The maximum absolute atomic E-state index is 5.17. The van der Waals surface area contributed by atoms with Crippen molar-refractivity contribution in [3.05, 3.63) is 167 Å². The summed E-state index contributed by atoms with van der Waals surface area (Å²) in [7, 11) is 2.15. The molecule has 0 amide bonds. The predicted molar refractivity (Wildman–Crippen MR) is 181 cm³/mol. The van der Waals surface area contributed by atoms with Crippen LogP contribution in [-0.2, 0) is 7.05 Å². The van der Waals surface area contributed by atoms with Crippen LogP contribution in [0.1, 0.15) is 23.6 Å². The minimum atomic E-state index is 0.135. The molecule has 43 heavy (non-hydrogen) atoms. The first-order chi connectivity index (χ1) is 21.1. The summed E-state index contributed by atoms with van der Waals surface area (Å²) >= 11 is 3.56. The van der Waals surface area contributed by atoms with E-state index in [1.165, 1.54) is 39.2 Å². The van der Waals surface area contributed by atoms with E-state index < -0.39 is 0 Å². The lowest BCUT2D eigenvalue weighted by molar-refractivity contribution is -0.649. The summed E-state index contributed by atoms with van der Waals surface area (Å²) in [6.07, 6.45) is 0.851. The average molecular weight is 622 g/mol. The molecule has 7 rings (SSSR count). The van der Waals surface area contributed by atoms with E-state index in [-0.39, 0.29) is 6.04 Å². The minimum Gasteiger partial charge on any atom is -0.257 e. The standard InChI is InChI=1S/C39H31BrN3/c1-42-37(30-11-5-2-6-12-30)25-33(26-38(42)31-13-7-3-8-14-31)28-19-23-35(24-20-28)43-39(32-15-9-4-10-16-32)27-36(41-43)29-17-21-34(40)22-18-29/h2-26,39H,27H2,1H3/q+1/t39-/m1/s1. The second-order valence-corrected chi connectivity index (χ2v) is 11.8. The molecule has 6 aromatic rings. The van der Waals surface area contributed by atoms with Crippen molar-refractivity contribution >= 4 is 27.3 Å². The number of hydrazone groups is 1. The van der Waals surface area contributed by atoms with Crippen LogP contribution >= 0.6 is 15.9 Å². The van der Waals surface area contributed by atoms with Crippen LogP contribution < -0.4 is 9.58 Å². The van der Waals surface area contributed by atoms with Gasteiger partial charge in [-0.2, -0.15) is 9.67 Å². The highest BCUT2D eigenvalue weighted by molar-refractivity contribution is 9.10. The lowest BCUT2D eigenvalue weighted by atomic mass is 9.97. The van der Waals surface area contributed by atoms with Crippen molar-refractivity contribution in [3.63, 3.8) is 0 Å². The molecule has 1 aliphatic heterocycles. The van der Waals surface area contributed by atoms with Gasteiger partial charge in [-0.3, -0.25) is 5.01 Å². The second kappa shape index (κ2) is 11.8. The number of aromatic nitrogens is 1. The molecule has 0 N–H and O–H groups in total. The molecule has 1 aliphatic rings. The van der Waals surface area contributed by atoms with Gasteiger partial charge in [-0.05, 0) is 70.8 Å². The van der Waals surface area contributed by atoms with Crippen LogP contribution in [-0.4, -0.2) is 5.71 Å². The summed E-state index contributed by atoms with van der Waals surface area (Å²) in [5.41, 5.74) is 11.7. The van der Waals surface area contributed by atoms with Crippen LogP contribution in [0.4, 0.5) is 5.69 Å². The van der Waals surface area contributed by atoms with Crippen molar-refractivity contribution in [1.29, 1.82) is 0 Å². The normalized spacial score (nSPS) is 14.5. The molecule has 0 unspecified atom stereocenters. The van der Waals surface area contributed by atoms with Crippen LogP contribution in [0.25, 0.3) is 33.6 Å². The molecular weight excluding hydrogens is 590 g/mol. The van der Waals surface area contributed by atoms with Gasteiger partial charge in [0, 0.05) is 34.2 Å². The van der Waals surface area contributed by atoms with Gasteiger partial charge in [0.15, 0.2) is 0 Å². The van der Waals surface area contributed by atoms with E-state index in [0.717, 1.165) is 27.9 Å². The zero-order valence-electron chi connectivity index (χ0n) is 23.9. The third-order valence-electron chi connectivity index (χ3n) is 8.18. The van der Waals surface area contributed by atoms with E-state index in [9.17, 15) is 0 Å². The van der Waals surface area contributed by atoms with Crippen LogP contribution in [0.3, 0.4) is 0 Å². The number of nitrogens with zero attached hydrogens (tertiary/aromatic N) is 3. The second-order valence-electron chi connectivity index (χ2n) is 10.9. The quantitative estimate of drug-likeness (QED) is 0.170. The van der Waals surface area contributed by atoms with Gasteiger partial charge in [-0.15, -0.1) is 0 Å². The third-order valence-corrected chi connectivity index (χ3v) is 8.71. The largest absolute Gasteiger partial charge is 0.257 e. The Kier molecular flexibility index (Phi) is 7.44. The van der Waals surface area contributed by atoms with Gasteiger partial charge in [-0.25, -0.2) is 0 Å². The molecule has 3 nitrogen and oxygen atoms in total. The Balaban J connectivity index is 1.29. The SMILES string of the molecule is C[n+]1c(-c2ccccc2)cc(-c2ccc(N3N=C(c4ccc(Br)cc4)C[C@@H]3c3ccccc3)cc2)cc1-c1ccccc1. The molecule has 1 aromatic heterocycles. The molecule has 2 heterocycles. The number of anilines is 1. The topological polar surface area (TPSA) is 19.5 Å². The number of halogens is 1. The molecule has 0 fully saturated rings. The smallest absolute Gasteiger partial charge is 0.213 e. The number of rotatable bonds is 6. The van der Waals surface area contributed by atoms with E-state index in [0.29, 0.717) is 0 Å². The van der Waals surface area contributed by atoms with Crippen LogP contribution in [0.15, 0.2) is 161 Å². The average Bonchev–Trinajstić information content (AvgIpc) is 3.52. The fourth-order valence-corrected chi connectivity index (χ4v) is 6.17. The highest BCUT2D eigenvalue weighted by Gasteiger charge is 2.30. The first-order valence-corrected chi connectivity index (χ1v) is 15.4. The Morgan fingerprint density at radius 2 is 1.09 bits per heavy atom. The lowest BCUT2D eigenvalue weighted by Crippen LogP contribution is -2.34. The number of hydrogen-bond acceptors (Lipinski definition) is 2. The van der Waals surface area contributed by atoms with E-state index in [4.69, 9.17) is 5.10 Å². The van der Waals surface area contributed by atoms with Crippen molar-refractivity contribution < 1.29 is 4.57 Å². The highest BCUT2D eigenvalue weighted by atomic mass is 79.9. The number of benzene rings is 5. The van der Waals surface area contributed by atoms with Crippen molar-refractivity contribution in [2.75, 3.05) is 5.01 Å². The van der Waals surface area contributed by atoms with Crippen LogP contribution in [0.2, 0.25) is 0 Å². The summed E-state index contributed by atoms with van der Waals surface area (Å²) in [6, 6.07) is 54.0. The zero-order valence-corrected chi connectivity index (χ0v) is 25.5. The molecule has 208 valence electrons. The molecular formula is C39H31BrN3+. The van der Waals surface area contributed by atoms with Gasteiger partial charge in [0.1, 0.15) is 7.05 Å². The fraction of sp³-hybridized carbons (Fsp3) is 0.0769. The van der Waals surface area contributed by atoms with Crippen LogP contribution in [0, 0.1) is 0 Å². The Bertz CT molecular complexity index is 1820. The van der Waals surface area contributed by atoms with Crippen molar-refractivity contribution in [2.45, 2.75) is 12.5 Å². The van der Waals surface area contributed by atoms with Gasteiger partial charge < -0.3 is 0 Å². The maximum atomic E-state index is 5.17. The molecule has 4 heteroatoms. The van der Waals surface area contributed by atoms with Crippen molar-refractivity contribution in [2.24, 2.45) is 12.1 Å². The fourth-order valence-electron chi connectivity index (χ4n) is 5.90. The summed E-state index contributed by atoms with van der Waals surface area (Å²) < 4.78 is 3.36. The summed E-state index contributed by atoms with van der Waals surface area (Å²) in [5.74, 6) is 0. The first kappa shape index (κ1) is 27.1. The molecule has 0 saturated carbocycles.